The molecule has 0 spiro atoms. The van der Waals surface area contributed by atoms with Gasteiger partial charge in [-0.2, -0.15) is 4.31 Å². The molecule has 1 amide bonds. The van der Waals surface area contributed by atoms with Gasteiger partial charge in [0.15, 0.2) is 0 Å². The summed E-state index contributed by atoms with van der Waals surface area (Å²) in [4.78, 5) is 12.8. The molecule has 1 atom stereocenters. The van der Waals surface area contributed by atoms with Crippen molar-refractivity contribution in [3.63, 3.8) is 0 Å². The number of ether oxygens (including phenoxy) is 1. The molecule has 1 N–H and O–H groups in total. The number of fused-ring (bicyclic) bond motifs is 1. The van der Waals surface area contributed by atoms with Gasteiger partial charge in [-0.15, -0.1) is 11.3 Å². The Kier molecular flexibility index (Phi) is 4.83. The molecule has 4 rings (SSSR count). The van der Waals surface area contributed by atoms with Crippen LogP contribution in [0.5, 0.6) is 0 Å². The summed E-state index contributed by atoms with van der Waals surface area (Å²) < 4.78 is 33.8. The Balaban J connectivity index is 1.64. The predicted octanol–water partition coefficient (Wildman–Crippen LogP) is 2.61. The molecule has 1 saturated heterocycles. The molecule has 2 aliphatic heterocycles. The van der Waals surface area contributed by atoms with E-state index in [9.17, 15) is 13.2 Å². The molecule has 6 nitrogen and oxygen atoms in total. The average Bonchev–Trinajstić information content (AvgIpc) is 3.34. The van der Waals surface area contributed by atoms with Gasteiger partial charge < -0.3 is 10.1 Å². The lowest BCUT2D eigenvalue weighted by Crippen LogP contribution is -2.36. The number of sulfonamides is 1. The van der Waals surface area contributed by atoms with E-state index in [0.717, 1.165) is 23.3 Å². The largest absolute Gasteiger partial charge is 0.377 e. The molecule has 0 aliphatic carbocycles. The third-order valence-electron chi connectivity index (χ3n) is 4.68. The molecular weight excluding hydrogens is 372 g/mol. The molecule has 1 fully saturated rings. The number of hydrogen-bond donors (Lipinski definition) is 1. The highest BCUT2D eigenvalue weighted by Crippen LogP contribution is 2.29. The van der Waals surface area contributed by atoms with Gasteiger partial charge in [0.1, 0.15) is 0 Å². The van der Waals surface area contributed by atoms with Gasteiger partial charge in [-0.1, -0.05) is 6.07 Å². The monoisotopic (exact) mass is 392 g/mol. The highest BCUT2D eigenvalue weighted by molar-refractivity contribution is 7.89. The molecule has 2 aliphatic rings. The van der Waals surface area contributed by atoms with E-state index in [-0.39, 0.29) is 23.3 Å². The maximum atomic E-state index is 13.3. The van der Waals surface area contributed by atoms with Crippen molar-refractivity contribution < 1.29 is 17.9 Å². The van der Waals surface area contributed by atoms with E-state index in [1.807, 2.05) is 17.5 Å². The molecule has 1 aromatic carbocycles. The summed E-state index contributed by atoms with van der Waals surface area (Å²) >= 11 is 1.54. The first-order chi connectivity index (χ1) is 12.5. The number of anilines is 1. The van der Waals surface area contributed by atoms with E-state index in [1.54, 1.807) is 18.2 Å². The summed E-state index contributed by atoms with van der Waals surface area (Å²) in [5.74, 6) is -0.107. The highest BCUT2D eigenvalue weighted by Gasteiger charge is 2.31. The molecule has 8 heteroatoms. The standard InChI is InChI=1S/C18H20N2O4S2/c21-18-10-13-9-16(5-6-17(13)19-18)26(22,23)20(11-14-3-1-7-24-14)12-15-4-2-8-25-15/h2,4-6,8-9,14H,1,3,7,10-12H2,(H,19,21)/t14-/m0/s1. The Morgan fingerprint density at radius 2 is 2.19 bits per heavy atom. The zero-order valence-corrected chi connectivity index (χ0v) is 15.8. The summed E-state index contributed by atoms with van der Waals surface area (Å²) in [6, 6.07) is 8.70. The van der Waals surface area contributed by atoms with E-state index >= 15 is 0 Å². The number of amides is 1. The van der Waals surface area contributed by atoms with Crippen LogP contribution in [-0.2, 0) is 32.5 Å². The number of benzene rings is 1. The summed E-state index contributed by atoms with van der Waals surface area (Å²) in [5, 5.41) is 4.68. The van der Waals surface area contributed by atoms with Gasteiger partial charge in [-0.3, -0.25) is 4.79 Å². The lowest BCUT2D eigenvalue weighted by Gasteiger charge is -2.24. The van der Waals surface area contributed by atoms with Crippen LogP contribution >= 0.6 is 11.3 Å². The van der Waals surface area contributed by atoms with Crippen LogP contribution in [0, 0.1) is 0 Å². The SMILES string of the molecule is O=C1Cc2cc(S(=O)(=O)N(Cc3cccs3)C[C@@H]3CCCO3)ccc2N1. The Labute approximate surface area is 156 Å². The van der Waals surface area contributed by atoms with Crippen LogP contribution in [0.2, 0.25) is 0 Å². The highest BCUT2D eigenvalue weighted by atomic mass is 32.2. The molecule has 0 radical (unpaired) electrons. The maximum absolute atomic E-state index is 13.3. The van der Waals surface area contributed by atoms with Crippen molar-refractivity contribution in [1.29, 1.82) is 0 Å². The van der Waals surface area contributed by atoms with Crippen molar-refractivity contribution in [3.05, 3.63) is 46.2 Å². The van der Waals surface area contributed by atoms with E-state index < -0.39 is 10.0 Å². The molecule has 1 aromatic heterocycles. The summed E-state index contributed by atoms with van der Waals surface area (Å²) in [7, 11) is -3.68. The Morgan fingerprint density at radius 1 is 1.31 bits per heavy atom. The van der Waals surface area contributed by atoms with Crippen molar-refractivity contribution in [2.24, 2.45) is 0 Å². The third kappa shape index (κ3) is 3.55. The van der Waals surface area contributed by atoms with Crippen molar-refractivity contribution in [2.75, 3.05) is 18.5 Å². The van der Waals surface area contributed by atoms with Gasteiger partial charge >= 0.3 is 0 Å². The fourth-order valence-electron chi connectivity index (χ4n) is 3.35. The number of nitrogens with zero attached hydrogens (tertiary/aromatic N) is 1. The van der Waals surface area contributed by atoms with E-state index in [4.69, 9.17) is 4.74 Å². The number of carbonyl (C=O) groups excluding carboxylic acids is 1. The Morgan fingerprint density at radius 3 is 2.92 bits per heavy atom. The molecule has 0 saturated carbocycles. The van der Waals surface area contributed by atoms with Gasteiger partial charge in [-0.25, -0.2) is 8.42 Å². The first kappa shape index (κ1) is 17.7. The Bertz CT molecular complexity index is 903. The van der Waals surface area contributed by atoms with Gasteiger partial charge in [0.05, 0.1) is 17.4 Å². The number of nitrogens with one attached hydrogen (secondary N) is 1. The molecule has 26 heavy (non-hydrogen) atoms. The lowest BCUT2D eigenvalue weighted by molar-refractivity contribution is -0.115. The molecular formula is C18H20N2O4S2. The van der Waals surface area contributed by atoms with Crippen molar-refractivity contribution in [2.45, 2.75) is 36.8 Å². The van der Waals surface area contributed by atoms with Gasteiger partial charge in [0, 0.05) is 30.3 Å². The van der Waals surface area contributed by atoms with E-state index in [0.29, 0.717) is 25.4 Å². The minimum absolute atomic E-state index is 0.0672. The summed E-state index contributed by atoms with van der Waals surface area (Å²) in [6.07, 6.45) is 1.99. The molecule has 3 heterocycles. The molecule has 138 valence electrons. The first-order valence-corrected chi connectivity index (χ1v) is 10.9. The fraction of sp³-hybridized carbons (Fsp3) is 0.389. The van der Waals surface area contributed by atoms with Crippen molar-refractivity contribution in [3.8, 4) is 0 Å². The topological polar surface area (TPSA) is 75.7 Å². The van der Waals surface area contributed by atoms with Crippen molar-refractivity contribution in [1.82, 2.24) is 4.31 Å². The summed E-state index contributed by atoms with van der Waals surface area (Å²) in [5.41, 5.74) is 1.42. The van der Waals surface area contributed by atoms with Crippen LogP contribution in [-0.4, -0.2) is 37.9 Å². The minimum Gasteiger partial charge on any atom is -0.377 e. The van der Waals surface area contributed by atoms with Crippen LogP contribution in [0.1, 0.15) is 23.3 Å². The van der Waals surface area contributed by atoms with Gasteiger partial charge in [0.25, 0.3) is 0 Å². The second-order valence-electron chi connectivity index (χ2n) is 6.56. The number of carbonyl (C=O) groups is 1. The van der Waals surface area contributed by atoms with Crippen LogP contribution in [0.3, 0.4) is 0 Å². The van der Waals surface area contributed by atoms with Crippen LogP contribution in [0.4, 0.5) is 5.69 Å². The smallest absolute Gasteiger partial charge is 0.243 e. The third-order valence-corrected chi connectivity index (χ3v) is 7.35. The minimum atomic E-state index is -3.68. The fourth-order valence-corrected chi connectivity index (χ4v) is 5.66. The molecule has 2 aromatic rings. The zero-order valence-electron chi connectivity index (χ0n) is 14.2. The second kappa shape index (κ2) is 7.11. The Hall–Kier alpha value is -1.74. The molecule has 0 unspecified atom stereocenters. The van der Waals surface area contributed by atoms with E-state index in [1.165, 1.54) is 15.6 Å². The number of thiophene rings is 1. The maximum Gasteiger partial charge on any atom is 0.243 e. The van der Waals surface area contributed by atoms with Crippen molar-refractivity contribution >= 4 is 33.0 Å². The normalized spacial score (nSPS) is 19.7. The number of hydrogen-bond acceptors (Lipinski definition) is 5. The average molecular weight is 393 g/mol. The number of rotatable bonds is 6. The van der Waals surface area contributed by atoms with Gasteiger partial charge in [0.2, 0.25) is 15.9 Å². The predicted molar refractivity (Wildman–Crippen MR) is 99.7 cm³/mol. The summed E-state index contributed by atoms with van der Waals surface area (Å²) in [6.45, 7) is 1.35. The van der Waals surface area contributed by atoms with Crippen LogP contribution in [0.15, 0.2) is 40.6 Å². The lowest BCUT2D eigenvalue weighted by atomic mass is 10.2. The first-order valence-electron chi connectivity index (χ1n) is 8.59. The molecule has 0 bridgehead atoms. The van der Waals surface area contributed by atoms with Crippen LogP contribution in [0.25, 0.3) is 0 Å². The van der Waals surface area contributed by atoms with E-state index in [2.05, 4.69) is 5.32 Å². The van der Waals surface area contributed by atoms with Gasteiger partial charge in [-0.05, 0) is 48.1 Å². The van der Waals surface area contributed by atoms with Crippen LogP contribution < -0.4 is 5.32 Å². The second-order valence-corrected chi connectivity index (χ2v) is 9.53. The quantitative estimate of drug-likeness (QED) is 0.820. The zero-order chi connectivity index (χ0) is 18.1.